The predicted molar refractivity (Wildman–Crippen MR) is 73.0 cm³/mol. The highest BCUT2D eigenvalue weighted by atomic mass is 79.9. The number of halogens is 1. The highest BCUT2D eigenvalue weighted by Crippen LogP contribution is 2.24. The van der Waals surface area contributed by atoms with Gasteiger partial charge in [-0.3, -0.25) is 4.79 Å². The first-order valence-corrected chi connectivity index (χ1v) is 6.93. The highest BCUT2D eigenvalue weighted by Gasteiger charge is 2.20. The number of hydrogen-bond donors (Lipinski definition) is 1. The summed E-state index contributed by atoms with van der Waals surface area (Å²) in [6.45, 7) is 6.03. The Hall–Kier alpha value is -1.21. The second-order valence-electron chi connectivity index (χ2n) is 4.77. The lowest BCUT2D eigenvalue weighted by atomic mass is 9.93. The van der Waals surface area contributed by atoms with Crippen molar-refractivity contribution >= 4 is 39.0 Å². The van der Waals surface area contributed by atoms with E-state index >= 15 is 0 Å². The van der Waals surface area contributed by atoms with Crippen molar-refractivity contribution in [2.75, 3.05) is 5.32 Å². The summed E-state index contributed by atoms with van der Waals surface area (Å²) in [5, 5.41) is 8.13. The SMILES string of the molecule is CC(C)(C)c1cc(NC(=O)c2csc(Br)n2)no1. The topological polar surface area (TPSA) is 68.0 Å². The van der Waals surface area contributed by atoms with Crippen molar-refractivity contribution in [3.63, 3.8) is 0 Å². The van der Waals surface area contributed by atoms with Gasteiger partial charge in [0.25, 0.3) is 5.91 Å². The zero-order valence-corrected chi connectivity index (χ0v) is 12.6. The molecule has 2 aromatic heterocycles. The van der Waals surface area contributed by atoms with Crippen LogP contribution in [0.5, 0.6) is 0 Å². The average Bonchev–Trinajstić information content (AvgIpc) is 2.85. The standard InChI is InChI=1S/C11H12BrN3O2S/c1-11(2,3)7-4-8(15-17-7)14-9(16)6-5-18-10(12)13-6/h4-5H,1-3H3,(H,14,15,16). The molecule has 1 N–H and O–H groups in total. The molecule has 1 amide bonds. The Morgan fingerprint density at radius 1 is 1.50 bits per heavy atom. The lowest BCUT2D eigenvalue weighted by Crippen LogP contribution is -2.12. The van der Waals surface area contributed by atoms with Crippen LogP contribution in [0.4, 0.5) is 5.82 Å². The van der Waals surface area contributed by atoms with Gasteiger partial charge in [0.05, 0.1) is 0 Å². The van der Waals surface area contributed by atoms with Crippen molar-refractivity contribution in [3.05, 3.63) is 26.8 Å². The summed E-state index contributed by atoms with van der Waals surface area (Å²) < 4.78 is 5.85. The van der Waals surface area contributed by atoms with E-state index in [9.17, 15) is 4.79 Å². The number of carbonyl (C=O) groups is 1. The molecule has 0 atom stereocenters. The van der Waals surface area contributed by atoms with Crippen molar-refractivity contribution in [2.45, 2.75) is 26.2 Å². The molecule has 0 saturated carbocycles. The van der Waals surface area contributed by atoms with Gasteiger partial charge in [-0.1, -0.05) is 25.9 Å². The maximum atomic E-state index is 11.8. The Balaban J connectivity index is 2.10. The second-order valence-corrected chi connectivity index (χ2v) is 6.90. The van der Waals surface area contributed by atoms with E-state index in [4.69, 9.17) is 4.52 Å². The summed E-state index contributed by atoms with van der Waals surface area (Å²) in [6, 6.07) is 1.72. The predicted octanol–water partition coefficient (Wildman–Crippen LogP) is 3.44. The molecule has 0 bridgehead atoms. The Labute approximate surface area is 117 Å². The lowest BCUT2D eigenvalue weighted by molar-refractivity contribution is 0.102. The second kappa shape index (κ2) is 4.81. The van der Waals surface area contributed by atoms with Crippen LogP contribution in [0.3, 0.4) is 0 Å². The molecule has 0 aliphatic carbocycles. The van der Waals surface area contributed by atoms with Crippen LogP contribution in [0.25, 0.3) is 0 Å². The van der Waals surface area contributed by atoms with E-state index in [0.29, 0.717) is 15.4 Å². The molecule has 5 nitrogen and oxygen atoms in total. The Bertz CT molecular complexity index is 571. The van der Waals surface area contributed by atoms with Gasteiger partial charge in [0.2, 0.25) is 0 Å². The van der Waals surface area contributed by atoms with E-state index in [1.165, 1.54) is 11.3 Å². The molecular weight excluding hydrogens is 318 g/mol. The third-order valence-electron chi connectivity index (χ3n) is 2.20. The highest BCUT2D eigenvalue weighted by molar-refractivity contribution is 9.11. The van der Waals surface area contributed by atoms with Crippen molar-refractivity contribution < 1.29 is 9.32 Å². The van der Waals surface area contributed by atoms with Crippen LogP contribution in [0.15, 0.2) is 19.9 Å². The van der Waals surface area contributed by atoms with Crippen LogP contribution in [0.2, 0.25) is 0 Å². The smallest absolute Gasteiger partial charge is 0.276 e. The molecule has 2 rings (SSSR count). The summed E-state index contributed by atoms with van der Waals surface area (Å²) in [5.41, 5.74) is 0.215. The van der Waals surface area contributed by atoms with Crippen LogP contribution < -0.4 is 5.32 Å². The first-order valence-electron chi connectivity index (χ1n) is 5.26. The summed E-state index contributed by atoms with van der Waals surface area (Å²) in [4.78, 5) is 15.8. The maximum absolute atomic E-state index is 11.8. The molecule has 0 aliphatic rings. The number of rotatable bonds is 2. The monoisotopic (exact) mass is 329 g/mol. The first-order chi connectivity index (χ1) is 8.36. The molecule has 0 fully saturated rings. The van der Waals surface area contributed by atoms with Gasteiger partial charge in [-0.2, -0.15) is 0 Å². The number of hydrogen-bond acceptors (Lipinski definition) is 5. The third kappa shape index (κ3) is 2.97. The van der Waals surface area contributed by atoms with Gasteiger partial charge in [-0.25, -0.2) is 4.98 Å². The zero-order chi connectivity index (χ0) is 13.3. The number of nitrogens with one attached hydrogen (secondary N) is 1. The minimum atomic E-state index is -0.300. The van der Waals surface area contributed by atoms with Crippen molar-refractivity contribution in [1.82, 2.24) is 10.1 Å². The average molecular weight is 330 g/mol. The van der Waals surface area contributed by atoms with Gasteiger partial charge in [-0.05, 0) is 15.9 Å². The van der Waals surface area contributed by atoms with Gasteiger partial charge < -0.3 is 9.84 Å². The van der Waals surface area contributed by atoms with E-state index in [0.717, 1.165) is 5.76 Å². The van der Waals surface area contributed by atoms with E-state index in [-0.39, 0.29) is 11.3 Å². The molecule has 7 heteroatoms. The number of anilines is 1. The van der Waals surface area contributed by atoms with Crippen LogP contribution in [-0.2, 0) is 5.41 Å². The normalized spacial score (nSPS) is 11.6. The molecule has 2 aromatic rings. The van der Waals surface area contributed by atoms with E-state index < -0.39 is 0 Å². The van der Waals surface area contributed by atoms with Crippen LogP contribution >= 0.6 is 27.3 Å². The molecule has 0 spiro atoms. The summed E-state index contributed by atoms with van der Waals surface area (Å²) in [7, 11) is 0. The van der Waals surface area contributed by atoms with Crippen LogP contribution in [0.1, 0.15) is 37.0 Å². The molecule has 2 heterocycles. The summed E-state index contributed by atoms with van der Waals surface area (Å²) in [6.07, 6.45) is 0. The maximum Gasteiger partial charge on any atom is 0.276 e. The first kappa shape index (κ1) is 13.2. The van der Waals surface area contributed by atoms with Crippen molar-refractivity contribution in [3.8, 4) is 0 Å². The Morgan fingerprint density at radius 3 is 2.72 bits per heavy atom. The fraction of sp³-hybridized carbons (Fsp3) is 0.364. The number of nitrogens with zero attached hydrogens (tertiary/aromatic N) is 2. The minimum Gasteiger partial charge on any atom is -0.359 e. The largest absolute Gasteiger partial charge is 0.359 e. The van der Waals surface area contributed by atoms with Gasteiger partial charge in [0.1, 0.15) is 11.5 Å². The van der Waals surface area contributed by atoms with Gasteiger partial charge in [-0.15, -0.1) is 11.3 Å². The van der Waals surface area contributed by atoms with Gasteiger partial charge in [0, 0.05) is 16.9 Å². The van der Waals surface area contributed by atoms with E-state index in [2.05, 4.69) is 31.4 Å². The van der Waals surface area contributed by atoms with Crippen molar-refractivity contribution in [2.24, 2.45) is 0 Å². The zero-order valence-electron chi connectivity index (χ0n) is 10.2. The summed E-state index contributed by atoms with van der Waals surface area (Å²) >= 11 is 4.56. The lowest BCUT2D eigenvalue weighted by Gasteiger charge is -2.11. The number of thiazole rings is 1. The fourth-order valence-corrected chi connectivity index (χ4v) is 2.22. The molecule has 0 radical (unpaired) electrons. The Kier molecular flexibility index (Phi) is 3.54. The van der Waals surface area contributed by atoms with E-state index in [1.807, 2.05) is 20.8 Å². The minimum absolute atomic E-state index is 0.139. The van der Waals surface area contributed by atoms with Crippen LogP contribution in [-0.4, -0.2) is 16.0 Å². The third-order valence-corrected chi connectivity index (χ3v) is 3.56. The summed E-state index contributed by atoms with van der Waals surface area (Å²) in [5.74, 6) is 0.817. The van der Waals surface area contributed by atoms with Crippen LogP contribution in [0, 0.1) is 0 Å². The number of carbonyl (C=O) groups excluding carboxylic acids is 1. The molecule has 96 valence electrons. The van der Waals surface area contributed by atoms with Crippen molar-refractivity contribution in [1.29, 1.82) is 0 Å². The van der Waals surface area contributed by atoms with E-state index in [1.54, 1.807) is 11.4 Å². The number of amides is 1. The van der Waals surface area contributed by atoms with Gasteiger partial charge in [0.15, 0.2) is 9.73 Å². The molecule has 0 aromatic carbocycles. The molecule has 0 saturated heterocycles. The molecule has 0 aliphatic heterocycles. The fourth-order valence-electron chi connectivity index (χ4n) is 1.22. The Morgan fingerprint density at radius 2 is 2.22 bits per heavy atom. The quantitative estimate of drug-likeness (QED) is 0.916. The number of aromatic nitrogens is 2. The molecule has 18 heavy (non-hydrogen) atoms. The molecule has 0 unspecified atom stereocenters. The van der Waals surface area contributed by atoms with Gasteiger partial charge >= 0.3 is 0 Å². The molecular formula is C11H12BrN3O2S.